The Bertz CT molecular complexity index is 958. The van der Waals surface area contributed by atoms with Gasteiger partial charge in [0.1, 0.15) is 5.82 Å². The van der Waals surface area contributed by atoms with Gasteiger partial charge in [-0.3, -0.25) is 14.4 Å². The highest BCUT2D eigenvalue weighted by Crippen LogP contribution is 2.23. The molecule has 3 N–H and O–H groups in total. The molecule has 1 aliphatic rings. The molecule has 0 bridgehead atoms. The van der Waals surface area contributed by atoms with Gasteiger partial charge in [-0.25, -0.2) is 4.39 Å². The van der Waals surface area contributed by atoms with Gasteiger partial charge in [-0.05, 0) is 66.8 Å². The normalized spacial score (nSPS) is 13.8. The van der Waals surface area contributed by atoms with E-state index >= 15 is 0 Å². The molecule has 3 amide bonds. The van der Waals surface area contributed by atoms with Crippen molar-refractivity contribution in [2.75, 3.05) is 18.9 Å². The van der Waals surface area contributed by atoms with Crippen molar-refractivity contribution >= 4 is 23.4 Å². The Balaban J connectivity index is 1.68. The molecule has 6 nitrogen and oxygen atoms in total. The van der Waals surface area contributed by atoms with Crippen LogP contribution in [0.4, 0.5) is 10.1 Å². The van der Waals surface area contributed by atoms with Crippen LogP contribution in [0.25, 0.3) is 0 Å². The number of halogens is 1. The fraction of sp³-hybridized carbons (Fsp3) is 0.318. The number of hydrogen-bond acceptors (Lipinski definition) is 3. The molecule has 7 heteroatoms. The summed E-state index contributed by atoms with van der Waals surface area (Å²) in [5, 5.41) is 8.23. The number of aryl methyl sites for hydroxylation is 2. The van der Waals surface area contributed by atoms with Crippen molar-refractivity contribution in [3.8, 4) is 0 Å². The van der Waals surface area contributed by atoms with Crippen molar-refractivity contribution in [1.82, 2.24) is 10.6 Å². The number of carbonyl (C=O) groups is 3. The highest BCUT2D eigenvalue weighted by molar-refractivity contribution is 5.98. The minimum Gasteiger partial charge on any atom is -0.359 e. The van der Waals surface area contributed by atoms with E-state index in [2.05, 4.69) is 16.0 Å². The molecule has 2 aromatic carbocycles. The van der Waals surface area contributed by atoms with Crippen LogP contribution in [0.3, 0.4) is 0 Å². The van der Waals surface area contributed by atoms with E-state index in [-0.39, 0.29) is 30.1 Å². The molecule has 0 saturated carbocycles. The van der Waals surface area contributed by atoms with Gasteiger partial charge in [-0.15, -0.1) is 0 Å². The maximum absolute atomic E-state index is 13.3. The average molecular weight is 397 g/mol. The van der Waals surface area contributed by atoms with Gasteiger partial charge in [0.25, 0.3) is 5.91 Å². The molecular formula is C22H24FN3O3. The van der Waals surface area contributed by atoms with Crippen molar-refractivity contribution in [2.24, 2.45) is 5.92 Å². The van der Waals surface area contributed by atoms with E-state index in [0.717, 1.165) is 22.4 Å². The highest BCUT2D eigenvalue weighted by Gasteiger charge is 2.21. The van der Waals surface area contributed by atoms with Crippen molar-refractivity contribution in [1.29, 1.82) is 0 Å². The molecule has 0 aromatic heterocycles. The predicted molar refractivity (Wildman–Crippen MR) is 108 cm³/mol. The lowest BCUT2D eigenvalue weighted by Gasteiger charge is -2.19. The van der Waals surface area contributed by atoms with Crippen LogP contribution in [0, 0.1) is 18.7 Å². The third kappa shape index (κ3) is 4.99. The number of carbonyl (C=O) groups excluding carboxylic acids is 3. The Morgan fingerprint density at radius 3 is 2.69 bits per heavy atom. The number of nitrogens with one attached hydrogen (secondary N) is 3. The second-order valence-electron chi connectivity index (χ2n) is 7.22. The minimum atomic E-state index is -0.481. The van der Waals surface area contributed by atoms with Crippen molar-refractivity contribution in [2.45, 2.75) is 26.2 Å². The smallest absolute Gasteiger partial charge is 0.251 e. The Morgan fingerprint density at radius 1 is 1.17 bits per heavy atom. The summed E-state index contributed by atoms with van der Waals surface area (Å²) in [6.07, 6.45) is 1.38. The molecule has 29 heavy (non-hydrogen) atoms. The first kappa shape index (κ1) is 20.5. The monoisotopic (exact) mass is 397 g/mol. The van der Waals surface area contributed by atoms with Crippen molar-refractivity contribution in [3.63, 3.8) is 0 Å². The quantitative estimate of drug-likeness (QED) is 0.699. The van der Waals surface area contributed by atoms with E-state index in [1.165, 1.54) is 12.1 Å². The Morgan fingerprint density at radius 2 is 1.97 bits per heavy atom. The molecule has 152 valence electrons. The lowest BCUT2D eigenvalue weighted by molar-refractivity contribution is -0.124. The molecule has 1 atom stereocenters. The summed E-state index contributed by atoms with van der Waals surface area (Å²) in [5.74, 6) is -1.31. The number of hydrogen-bond donors (Lipinski definition) is 3. The van der Waals surface area contributed by atoms with Gasteiger partial charge in [0.05, 0.1) is 5.92 Å². The first-order valence-electron chi connectivity index (χ1n) is 9.55. The molecule has 0 saturated heterocycles. The molecule has 1 heterocycles. The van der Waals surface area contributed by atoms with Crippen molar-refractivity contribution < 1.29 is 18.8 Å². The van der Waals surface area contributed by atoms with Crippen LogP contribution in [0.1, 0.15) is 33.5 Å². The third-order valence-corrected chi connectivity index (χ3v) is 5.16. The van der Waals surface area contributed by atoms with Gasteiger partial charge < -0.3 is 16.0 Å². The fourth-order valence-electron chi connectivity index (χ4n) is 3.46. The summed E-state index contributed by atoms with van der Waals surface area (Å²) in [4.78, 5) is 36.3. The Labute approximate surface area is 168 Å². The van der Waals surface area contributed by atoms with Crippen LogP contribution in [-0.2, 0) is 22.4 Å². The zero-order valence-corrected chi connectivity index (χ0v) is 16.5. The summed E-state index contributed by atoms with van der Waals surface area (Å²) in [6, 6.07) is 9.61. The Kier molecular flexibility index (Phi) is 6.26. The van der Waals surface area contributed by atoms with E-state index in [0.29, 0.717) is 24.8 Å². The second-order valence-corrected chi connectivity index (χ2v) is 7.22. The zero-order valence-electron chi connectivity index (χ0n) is 16.5. The fourth-order valence-corrected chi connectivity index (χ4v) is 3.46. The number of amides is 3. The van der Waals surface area contributed by atoms with Crippen LogP contribution >= 0.6 is 0 Å². The predicted octanol–water partition coefficient (Wildman–Crippen LogP) is 2.35. The molecule has 0 radical (unpaired) electrons. The van der Waals surface area contributed by atoms with Crippen LogP contribution in [-0.4, -0.2) is 31.3 Å². The van der Waals surface area contributed by atoms with E-state index in [1.807, 2.05) is 0 Å². The SMILES string of the molecule is CNC(=O)C(CNC(=O)c1ccc2c(c1)CCC(=O)N2)Cc1ccc(F)cc1C. The van der Waals surface area contributed by atoms with Crippen LogP contribution in [0.15, 0.2) is 36.4 Å². The van der Waals surface area contributed by atoms with Gasteiger partial charge in [-0.1, -0.05) is 6.07 Å². The second kappa shape index (κ2) is 8.86. The molecule has 1 aliphatic heterocycles. The van der Waals surface area contributed by atoms with Gasteiger partial charge in [0.2, 0.25) is 11.8 Å². The lowest BCUT2D eigenvalue weighted by Crippen LogP contribution is -2.38. The van der Waals surface area contributed by atoms with Gasteiger partial charge in [0.15, 0.2) is 0 Å². The first-order chi connectivity index (χ1) is 13.9. The van der Waals surface area contributed by atoms with Gasteiger partial charge in [-0.2, -0.15) is 0 Å². The van der Waals surface area contributed by atoms with E-state index < -0.39 is 5.92 Å². The van der Waals surface area contributed by atoms with Crippen LogP contribution < -0.4 is 16.0 Å². The molecule has 1 unspecified atom stereocenters. The molecule has 3 rings (SSSR count). The van der Waals surface area contributed by atoms with Crippen LogP contribution in [0.5, 0.6) is 0 Å². The summed E-state index contributed by atoms with van der Waals surface area (Å²) in [5.41, 5.74) is 3.75. The molecule has 0 spiro atoms. The standard InChI is InChI=1S/C22H24FN3O3/c1-13-9-18(23)6-3-14(13)10-17(21(28)24-2)12-25-22(29)16-4-7-19-15(11-16)5-8-20(27)26-19/h3-4,6-7,9,11,17H,5,8,10,12H2,1-2H3,(H,24,28)(H,25,29)(H,26,27). The van der Waals surface area contributed by atoms with E-state index in [1.54, 1.807) is 38.2 Å². The zero-order chi connectivity index (χ0) is 21.0. The third-order valence-electron chi connectivity index (χ3n) is 5.16. The summed E-state index contributed by atoms with van der Waals surface area (Å²) in [6.45, 7) is 1.95. The maximum Gasteiger partial charge on any atom is 0.251 e. The maximum atomic E-state index is 13.3. The summed E-state index contributed by atoms with van der Waals surface area (Å²) < 4.78 is 13.3. The van der Waals surface area contributed by atoms with Crippen molar-refractivity contribution in [3.05, 3.63) is 64.5 Å². The largest absolute Gasteiger partial charge is 0.359 e. The number of benzene rings is 2. The molecule has 0 fully saturated rings. The van der Waals surface area contributed by atoms with Gasteiger partial charge >= 0.3 is 0 Å². The average Bonchev–Trinajstić information content (AvgIpc) is 2.71. The van der Waals surface area contributed by atoms with Gasteiger partial charge in [0, 0.05) is 31.3 Å². The highest BCUT2D eigenvalue weighted by atomic mass is 19.1. The molecule has 0 aliphatic carbocycles. The Hall–Kier alpha value is -3.22. The lowest BCUT2D eigenvalue weighted by atomic mass is 9.95. The number of anilines is 1. The summed E-state index contributed by atoms with van der Waals surface area (Å²) >= 11 is 0. The first-order valence-corrected chi connectivity index (χ1v) is 9.55. The van der Waals surface area contributed by atoms with E-state index in [4.69, 9.17) is 0 Å². The molecular weight excluding hydrogens is 373 g/mol. The number of fused-ring (bicyclic) bond motifs is 1. The van der Waals surface area contributed by atoms with Crippen LogP contribution in [0.2, 0.25) is 0 Å². The minimum absolute atomic E-state index is 0.0285. The van der Waals surface area contributed by atoms with E-state index in [9.17, 15) is 18.8 Å². The number of rotatable bonds is 6. The topological polar surface area (TPSA) is 87.3 Å². The summed E-state index contributed by atoms with van der Waals surface area (Å²) in [7, 11) is 1.55. The molecule has 2 aromatic rings.